The molecule has 0 aliphatic heterocycles. The molecule has 0 saturated heterocycles. The number of hydrogen-bond donors (Lipinski definition) is 3. The van der Waals surface area contributed by atoms with Crippen LogP contribution in [-0.4, -0.2) is 25.5 Å². The molecule has 0 aromatic heterocycles. The monoisotopic (exact) mass is 342 g/mol. The van der Waals surface area contributed by atoms with Crippen molar-refractivity contribution in [2.24, 2.45) is 4.99 Å². The maximum Gasteiger partial charge on any atom is 0.251 e. The minimum atomic E-state index is -0.255. The van der Waals surface area contributed by atoms with Gasteiger partial charge in [0.1, 0.15) is 5.82 Å². The second-order valence-electron chi connectivity index (χ2n) is 5.47. The summed E-state index contributed by atoms with van der Waals surface area (Å²) in [4.78, 5) is 15.9. The first kappa shape index (κ1) is 18.4. The van der Waals surface area contributed by atoms with Crippen LogP contribution in [0.5, 0.6) is 0 Å². The van der Waals surface area contributed by atoms with E-state index in [1.165, 1.54) is 12.1 Å². The molecule has 132 valence electrons. The molecule has 25 heavy (non-hydrogen) atoms. The molecular weight excluding hydrogens is 319 g/mol. The SMILES string of the molecule is CCNC(=O)c1ccc(CNC(=NC)NCc2cccc(F)c2)cc1. The highest BCUT2D eigenvalue weighted by molar-refractivity contribution is 5.94. The molecule has 0 aliphatic rings. The zero-order chi connectivity index (χ0) is 18.1. The largest absolute Gasteiger partial charge is 0.352 e. The fraction of sp³-hybridized carbons (Fsp3) is 0.263. The Kier molecular flexibility index (Phi) is 6.95. The van der Waals surface area contributed by atoms with Gasteiger partial charge in [-0.2, -0.15) is 0 Å². The average Bonchev–Trinajstić information content (AvgIpc) is 2.62. The zero-order valence-electron chi connectivity index (χ0n) is 14.5. The van der Waals surface area contributed by atoms with E-state index in [0.29, 0.717) is 31.2 Å². The lowest BCUT2D eigenvalue weighted by molar-refractivity contribution is 0.0956. The van der Waals surface area contributed by atoms with Crippen LogP contribution in [-0.2, 0) is 13.1 Å². The fourth-order valence-electron chi connectivity index (χ4n) is 2.28. The third-order valence-corrected chi connectivity index (χ3v) is 3.59. The first-order valence-electron chi connectivity index (χ1n) is 8.18. The van der Waals surface area contributed by atoms with E-state index in [4.69, 9.17) is 0 Å². The van der Waals surface area contributed by atoms with Crippen molar-refractivity contribution in [2.45, 2.75) is 20.0 Å². The van der Waals surface area contributed by atoms with E-state index in [9.17, 15) is 9.18 Å². The summed E-state index contributed by atoms with van der Waals surface area (Å²) in [5, 5.41) is 9.09. The van der Waals surface area contributed by atoms with Crippen molar-refractivity contribution < 1.29 is 9.18 Å². The number of carbonyl (C=O) groups excluding carboxylic acids is 1. The molecule has 2 aromatic rings. The molecule has 1 amide bonds. The Morgan fingerprint density at radius 1 is 1.00 bits per heavy atom. The smallest absolute Gasteiger partial charge is 0.251 e. The van der Waals surface area contributed by atoms with E-state index in [2.05, 4.69) is 20.9 Å². The molecule has 5 nitrogen and oxygen atoms in total. The minimum Gasteiger partial charge on any atom is -0.352 e. The Hall–Kier alpha value is -2.89. The highest BCUT2D eigenvalue weighted by Crippen LogP contribution is 2.05. The van der Waals surface area contributed by atoms with Gasteiger partial charge < -0.3 is 16.0 Å². The molecule has 3 N–H and O–H groups in total. The first-order valence-corrected chi connectivity index (χ1v) is 8.18. The van der Waals surface area contributed by atoms with Crippen molar-refractivity contribution in [2.75, 3.05) is 13.6 Å². The molecule has 2 aromatic carbocycles. The Balaban J connectivity index is 1.85. The van der Waals surface area contributed by atoms with Gasteiger partial charge >= 0.3 is 0 Å². The molecule has 0 atom stereocenters. The molecule has 0 saturated carbocycles. The van der Waals surface area contributed by atoms with Gasteiger partial charge in [-0.15, -0.1) is 0 Å². The normalized spacial score (nSPS) is 11.1. The minimum absolute atomic E-state index is 0.0745. The number of amides is 1. The molecule has 0 spiro atoms. The average molecular weight is 342 g/mol. The topological polar surface area (TPSA) is 65.5 Å². The summed E-state index contributed by atoms with van der Waals surface area (Å²) in [5.74, 6) is 0.293. The predicted molar refractivity (Wildman–Crippen MR) is 97.9 cm³/mol. The van der Waals surface area contributed by atoms with Crippen LogP contribution >= 0.6 is 0 Å². The van der Waals surface area contributed by atoms with E-state index in [-0.39, 0.29) is 11.7 Å². The van der Waals surface area contributed by atoms with Gasteiger partial charge in [0.15, 0.2) is 5.96 Å². The van der Waals surface area contributed by atoms with Crippen molar-refractivity contribution in [1.29, 1.82) is 0 Å². The van der Waals surface area contributed by atoms with Crippen LogP contribution in [0, 0.1) is 5.82 Å². The quantitative estimate of drug-likeness (QED) is 0.558. The van der Waals surface area contributed by atoms with Crippen LogP contribution in [0.4, 0.5) is 4.39 Å². The molecule has 2 rings (SSSR count). The highest BCUT2D eigenvalue weighted by Gasteiger charge is 2.04. The Bertz CT molecular complexity index is 728. The van der Waals surface area contributed by atoms with Gasteiger partial charge in [0, 0.05) is 32.2 Å². The van der Waals surface area contributed by atoms with Crippen molar-refractivity contribution in [1.82, 2.24) is 16.0 Å². The molecule has 0 heterocycles. The number of halogens is 1. The second kappa shape index (κ2) is 9.42. The molecular formula is C19H23FN4O. The predicted octanol–water partition coefficient (Wildman–Crippen LogP) is 2.44. The van der Waals surface area contributed by atoms with Crippen LogP contribution in [0.3, 0.4) is 0 Å². The van der Waals surface area contributed by atoms with E-state index < -0.39 is 0 Å². The summed E-state index contributed by atoms with van der Waals surface area (Å²) >= 11 is 0. The third kappa shape index (κ3) is 5.91. The molecule has 6 heteroatoms. The summed E-state index contributed by atoms with van der Waals surface area (Å²) < 4.78 is 13.2. The van der Waals surface area contributed by atoms with Gasteiger partial charge in [-0.1, -0.05) is 24.3 Å². The van der Waals surface area contributed by atoms with Gasteiger partial charge in [-0.25, -0.2) is 4.39 Å². The van der Waals surface area contributed by atoms with Gasteiger partial charge in [0.2, 0.25) is 0 Å². The molecule has 0 aliphatic carbocycles. The maximum atomic E-state index is 13.2. The number of carbonyl (C=O) groups is 1. The van der Waals surface area contributed by atoms with Crippen LogP contribution in [0.2, 0.25) is 0 Å². The molecule has 0 fully saturated rings. The van der Waals surface area contributed by atoms with E-state index in [1.807, 2.05) is 25.1 Å². The Morgan fingerprint density at radius 3 is 2.28 bits per heavy atom. The van der Waals surface area contributed by atoms with E-state index >= 15 is 0 Å². The van der Waals surface area contributed by atoms with Gasteiger partial charge in [-0.3, -0.25) is 9.79 Å². The lowest BCUT2D eigenvalue weighted by atomic mass is 10.1. The van der Waals surface area contributed by atoms with Gasteiger partial charge in [0.05, 0.1) is 0 Å². The van der Waals surface area contributed by atoms with Crippen molar-refractivity contribution >= 4 is 11.9 Å². The molecule has 0 bridgehead atoms. The lowest BCUT2D eigenvalue weighted by Gasteiger charge is -2.12. The van der Waals surface area contributed by atoms with Crippen molar-refractivity contribution in [3.63, 3.8) is 0 Å². The van der Waals surface area contributed by atoms with Gasteiger partial charge in [0.25, 0.3) is 5.91 Å². The number of guanidine groups is 1. The number of benzene rings is 2. The first-order chi connectivity index (χ1) is 12.1. The summed E-state index contributed by atoms with van der Waals surface area (Å²) in [5.41, 5.74) is 2.51. The number of hydrogen-bond acceptors (Lipinski definition) is 2. The Morgan fingerprint density at radius 2 is 1.68 bits per heavy atom. The second-order valence-corrected chi connectivity index (χ2v) is 5.47. The van der Waals surface area contributed by atoms with Crippen molar-refractivity contribution in [3.8, 4) is 0 Å². The number of nitrogens with one attached hydrogen (secondary N) is 3. The third-order valence-electron chi connectivity index (χ3n) is 3.59. The van der Waals surface area contributed by atoms with Crippen molar-refractivity contribution in [3.05, 3.63) is 71.0 Å². The number of aliphatic imine (C=N–C) groups is 1. The summed E-state index contributed by atoms with van der Waals surface area (Å²) in [6, 6.07) is 13.8. The lowest BCUT2D eigenvalue weighted by Crippen LogP contribution is -2.36. The fourth-order valence-corrected chi connectivity index (χ4v) is 2.28. The van der Waals surface area contributed by atoms with Crippen LogP contribution in [0.25, 0.3) is 0 Å². The summed E-state index contributed by atoms with van der Waals surface area (Å²) in [6.07, 6.45) is 0. The summed E-state index contributed by atoms with van der Waals surface area (Å²) in [7, 11) is 1.68. The molecule has 0 radical (unpaired) electrons. The number of rotatable bonds is 6. The van der Waals surface area contributed by atoms with E-state index in [1.54, 1.807) is 25.2 Å². The number of nitrogens with zero attached hydrogens (tertiary/aromatic N) is 1. The van der Waals surface area contributed by atoms with E-state index in [0.717, 1.165) is 11.1 Å². The maximum absolute atomic E-state index is 13.2. The Labute approximate surface area is 147 Å². The molecule has 0 unspecified atom stereocenters. The van der Waals surface area contributed by atoms with Crippen LogP contribution in [0.1, 0.15) is 28.4 Å². The highest BCUT2D eigenvalue weighted by atomic mass is 19.1. The summed E-state index contributed by atoms with van der Waals surface area (Å²) in [6.45, 7) is 3.54. The zero-order valence-corrected chi connectivity index (χ0v) is 14.5. The standard InChI is InChI=1S/C19H23FN4O/c1-3-22-18(25)16-9-7-14(8-10-16)12-23-19(21-2)24-13-15-5-4-6-17(20)11-15/h4-11H,3,12-13H2,1-2H3,(H,22,25)(H2,21,23,24). The van der Waals surface area contributed by atoms with Crippen LogP contribution < -0.4 is 16.0 Å². The van der Waals surface area contributed by atoms with Gasteiger partial charge in [-0.05, 0) is 42.3 Å². The van der Waals surface area contributed by atoms with Crippen LogP contribution in [0.15, 0.2) is 53.5 Å².